The molecule has 0 unspecified atom stereocenters. The van der Waals surface area contributed by atoms with Crippen molar-refractivity contribution in [3.8, 4) is 44.5 Å². The van der Waals surface area contributed by atoms with E-state index in [9.17, 15) is 26.3 Å². The van der Waals surface area contributed by atoms with Gasteiger partial charge in [0.1, 0.15) is 0 Å². The Morgan fingerprint density at radius 2 is 0.491 bits per heavy atom. The third-order valence-electron chi connectivity index (χ3n) is 10.6. The van der Waals surface area contributed by atoms with Crippen LogP contribution in [0.3, 0.4) is 0 Å². The normalized spacial score (nSPS) is 12.0. The van der Waals surface area contributed by atoms with Crippen molar-refractivity contribution < 1.29 is 26.3 Å². The Labute approximate surface area is 328 Å². The smallest absolute Gasteiger partial charge is 0.166 e. The molecular weight excluding hydrogens is 743 g/mol. The molecule has 0 heterocycles. The largest absolute Gasteiger partial charge is 0.417 e. The molecule has 280 valence electrons. The van der Waals surface area contributed by atoms with E-state index in [1.807, 2.05) is 84.9 Å². The number of halogens is 6. The first kappa shape index (κ1) is 37.5. The molecule has 8 aromatic rings. The van der Waals surface area contributed by atoms with Crippen LogP contribution in [-0.2, 0) is 12.4 Å². The van der Waals surface area contributed by atoms with Gasteiger partial charge in [-0.25, -0.2) is 0 Å². The molecule has 57 heavy (non-hydrogen) atoms. The molecule has 8 aromatic carbocycles. The molecular formula is C50H34F6Si. The van der Waals surface area contributed by atoms with Crippen LogP contribution in [0.2, 0.25) is 0 Å². The van der Waals surface area contributed by atoms with E-state index < -0.39 is 31.6 Å². The third kappa shape index (κ3) is 7.34. The van der Waals surface area contributed by atoms with Gasteiger partial charge in [-0.1, -0.05) is 194 Å². The molecule has 0 atom stereocenters. The summed E-state index contributed by atoms with van der Waals surface area (Å²) in [5.41, 5.74) is 3.69. The molecule has 0 aliphatic heterocycles. The van der Waals surface area contributed by atoms with Crippen LogP contribution in [0.25, 0.3) is 44.5 Å². The number of benzene rings is 8. The average molecular weight is 777 g/mol. The van der Waals surface area contributed by atoms with Crippen LogP contribution >= 0.6 is 0 Å². The minimum absolute atomic E-state index is 0.0796. The fourth-order valence-corrected chi connectivity index (χ4v) is 12.5. The Bertz CT molecular complexity index is 2410. The highest BCUT2D eigenvalue weighted by Crippen LogP contribution is 2.38. The SMILES string of the molecule is FC(F)(F)c1ccccc1-c1ccc([Si](c2ccc(-c3ccccc3)cc2)(c2ccc(-c3ccccc3)cc2)c2ccc(-c3ccccc3C(F)(F)F)cc2)cc1. The topological polar surface area (TPSA) is 0 Å². The van der Waals surface area contributed by atoms with Gasteiger partial charge in [0.15, 0.2) is 8.07 Å². The molecule has 0 fully saturated rings. The van der Waals surface area contributed by atoms with Crippen molar-refractivity contribution in [1.82, 2.24) is 0 Å². The van der Waals surface area contributed by atoms with Crippen molar-refractivity contribution in [3.63, 3.8) is 0 Å². The zero-order valence-electron chi connectivity index (χ0n) is 30.4. The lowest BCUT2D eigenvalue weighted by Gasteiger charge is -2.35. The molecule has 0 bridgehead atoms. The van der Waals surface area contributed by atoms with Crippen LogP contribution in [0.15, 0.2) is 206 Å². The zero-order chi connectivity index (χ0) is 39.6. The van der Waals surface area contributed by atoms with E-state index in [2.05, 4.69) is 48.5 Å². The van der Waals surface area contributed by atoms with E-state index in [0.717, 1.165) is 55.1 Å². The molecule has 0 aliphatic rings. The second-order valence-electron chi connectivity index (χ2n) is 13.9. The van der Waals surface area contributed by atoms with Gasteiger partial charge in [0.05, 0.1) is 11.1 Å². The van der Waals surface area contributed by atoms with Gasteiger partial charge in [-0.3, -0.25) is 0 Å². The van der Waals surface area contributed by atoms with Crippen LogP contribution in [0.4, 0.5) is 26.3 Å². The van der Waals surface area contributed by atoms with Crippen molar-refractivity contribution in [2.75, 3.05) is 0 Å². The van der Waals surface area contributed by atoms with E-state index >= 15 is 0 Å². The van der Waals surface area contributed by atoms with Gasteiger partial charge in [-0.15, -0.1) is 0 Å². The Morgan fingerprint density at radius 3 is 0.789 bits per heavy atom. The van der Waals surface area contributed by atoms with E-state index in [-0.39, 0.29) is 11.1 Å². The maximum atomic E-state index is 14.2. The van der Waals surface area contributed by atoms with Gasteiger partial charge in [0.2, 0.25) is 0 Å². The molecule has 0 aliphatic carbocycles. The predicted molar refractivity (Wildman–Crippen MR) is 222 cm³/mol. The van der Waals surface area contributed by atoms with E-state index in [1.165, 1.54) is 24.3 Å². The number of hydrogen-bond donors (Lipinski definition) is 0. The van der Waals surface area contributed by atoms with Crippen LogP contribution in [0, 0.1) is 0 Å². The fraction of sp³-hybridized carbons (Fsp3) is 0.0400. The Kier molecular flexibility index (Phi) is 10.0. The predicted octanol–water partition coefficient (Wildman–Crippen LogP) is 11.8. The highest BCUT2D eigenvalue weighted by molar-refractivity contribution is 7.19. The number of hydrogen-bond acceptors (Lipinski definition) is 0. The Balaban J connectivity index is 1.36. The van der Waals surface area contributed by atoms with E-state index in [0.29, 0.717) is 11.1 Å². The summed E-state index contributed by atoms with van der Waals surface area (Å²) in [6, 6.07) is 62.5. The summed E-state index contributed by atoms with van der Waals surface area (Å²) in [4.78, 5) is 0. The maximum absolute atomic E-state index is 14.2. The summed E-state index contributed by atoms with van der Waals surface area (Å²) in [6.45, 7) is 0. The molecule has 0 spiro atoms. The summed E-state index contributed by atoms with van der Waals surface area (Å²) >= 11 is 0. The lowest BCUT2D eigenvalue weighted by Crippen LogP contribution is -2.74. The molecule has 0 amide bonds. The van der Waals surface area contributed by atoms with Gasteiger partial charge in [-0.05, 0) is 77.4 Å². The van der Waals surface area contributed by atoms with Crippen molar-refractivity contribution in [2.45, 2.75) is 12.4 Å². The summed E-state index contributed by atoms with van der Waals surface area (Å²) < 4.78 is 85.0. The minimum atomic E-state index is -4.54. The second-order valence-corrected chi connectivity index (χ2v) is 17.7. The summed E-state index contributed by atoms with van der Waals surface area (Å²) in [5, 5.41) is 3.81. The summed E-state index contributed by atoms with van der Waals surface area (Å²) in [6.07, 6.45) is -9.08. The molecule has 0 saturated heterocycles. The van der Waals surface area contributed by atoms with Gasteiger partial charge in [0.25, 0.3) is 0 Å². The molecule has 8 rings (SSSR count). The zero-order valence-corrected chi connectivity index (χ0v) is 31.4. The molecule has 0 saturated carbocycles. The lowest BCUT2D eigenvalue weighted by atomic mass is 9.99. The third-order valence-corrected chi connectivity index (χ3v) is 15.4. The highest BCUT2D eigenvalue weighted by Gasteiger charge is 2.42. The summed E-state index contributed by atoms with van der Waals surface area (Å²) in [5.74, 6) is 0. The van der Waals surface area contributed by atoms with Crippen molar-refractivity contribution >= 4 is 28.8 Å². The molecule has 0 N–H and O–H groups in total. The van der Waals surface area contributed by atoms with Crippen LogP contribution < -0.4 is 20.7 Å². The number of rotatable bonds is 8. The Hall–Kier alpha value is -6.44. The van der Waals surface area contributed by atoms with Crippen molar-refractivity contribution in [2.24, 2.45) is 0 Å². The van der Waals surface area contributed by atoms with E-state index in [1.54, 1.807) is 36.4 Å². The van der Waals surface area contributed by atoms with Crippen LogP contribution in [0.1, 0.15) is 11.1 Å². The quantitative estimate of drug-likeness (QED) is 0.0819. The van der Waals surface area contributed by atoms with Crippen molar-refractivity contribution in [3.05, 3.63) is 217 Å². The standard InChI is InChI=1S/C50H34F6Si/c51-49(52,53)47-17-9-7-15-45(47)39-23-31-43(32-24-39)57(41-27-19-37(20-28-41)35-11-3-1-4-12-35,42-29-21-38(22-30-42)36-13-5-2-6-14-36)44-33-25-40(26-34-44)46-16-8-10-18-48(46)50(54,55)56/h1-34H. The summed E-state index contributed by atoms with van der Waals surface area (Å²) in [7, 11) is -3.34. The first-order valence-electron chi connectivity index (χ1n) is 18.4. The maximum Gasteiger partial charge on any atom is 0.417 e. The fourth-order valence-electron chi connectivity index (χ4n) is 7.85. The number of alkyl halides is 6. The first-order chi connectivity index (χ1) is 27.5. The molecule has 0 radical (unpaired) electrons. The monoisotopic (exact) mass is 776 g/mol. The van der Waals surface area contributed by atoms with Gasteiger partial charge >= 0.3 is 12.4 Å². The molecule has 0 aromatic heterocycles. The first-order valence-corrected chi connectivity index (χ1v) is 20.4. The lowest BCUT2D eigenvalue weighted by molar-refractivity contribution is -0.137. The van der Waals surface area contributed by atoms with Crippen LogP contribution in [0.5, 0.6) is 0 Å². The molecule has 0 nitrogen and oxygen atoms in total. The van der Waals surface area contributed by atoms with Gasteiger partial charge in [-0.2, -0.15) is 26.3 Å². The van der Waals surface area contributed by atoms with E-state index in [4.69, 9.17) is 0 Å². The van der Waals surface area contributed by atoms with Crippen LogP contribution in [-0.4, -0.2) is 8.07 Å². The van der Waals surface area contributed by atoms with Crippen molar-refractivity contribution in [1.29, 1.82) is 0 Å². The second kappa shape index (κ2) is 15.2. The minimum Gasteiger partial charge on any atom is -0.166 e. The van der Waals surface area contributed by atoms with Gasteiger partial charge in [0, 0.05) is 0 Å². The molecule has 7 heteroatoms. The van der Waals surface area contributed by atoms with Gasteiger partial charge < -0.3 is 0 Å². The highest BCUT2D eigenvalue weighted by atomic mass is 28.3. The Morgan fingerprint density at radius 1 is 0.246 bits per heavy atom. The average Bonchev–Trinajstić information content (AvgIpc) is 3.25.